The average molecular weight is 318 g/mol. The zero-order chi connectivity index (χ0) is 16.3. The number of imide groups is 1. The van der Waals surface area contributed by atoms with Gasteiger partial charge in [0.15, 0.2) is 0 Å². The van der Waals surface area contributed by atoms with E-state index in [2.05, 4.69) is 5.32 Å². The van der Waals surface area contributed by atoms with Gasteiger partial charge >= 0.3 is 0 Å². The molecule has 2 rings (SSSR count). The van der Waals surface area contributed by atoms with E-state index in [9.17, 15) is 19.2 Å². The second kappa shape index (κ2) is 6.57. The van der Waals surface area contributed by atoms with Gasteiger partial charge in [0.2, 0.25) is 5.91 Å². The van der Waals surface area contributed by atoms with Crippen LogP contribution in [0.15, 0.2) is 29.2 Å². The van der Waals surface area contributed by atoms with Crippen LogP contribution in [0.5, 0.6) is 0 Å². The molecule has 0 spiro atoms. The van der Waals surface area contributed by atoms with Gasteiger partial charge in [-0.15, -0.1) is 0 Å². The number of hydrogen-bond donors (Lipinski definition) is 1. The summed E-state index contributed by atoms with van der Waals surface area (Å²) in [4.78, 5) is 47.0. The van der Waals surface area contributed by atoms with E-state index in [-0.39, 0.29) is 23.1 Å². The van der Waals surface area contributed by atoms with E-state index in [1.54, 1.807) is 30.3 Å². The molecule has 0 bridgehead atoms. The number of Topliss-reactive ketones (excluding diaryl/α,β-unsaturated/α-hetero) is 1. The zero-order valence-electron chi connectivity index (χ0n) is 12.1. The van der Waals surface area contributed by atoms with E-state index in [1.165, 1.54) is 13.8 Å². The molecule has 3 amide bonds. The molecule has 0 radical (unpaired) electrons. The molecule has 0 atom stereocenters. The molecule has 6 nitrogen and oxygen atoms in total. The van der Waals surface area contributed by atoms with E-state index < -0.39 is 11.1 Å². The maximum Gasteiger partial charge on any atom is 0.293 e. The maximum atomic E-state index is 12.1. The van der Waals surface area contributed by atoms with Crippen LogP contribution in [0.2, 0.25) is 0 Å². The van der Waals surface area contributed by atoms with Crippen LogP contribution in [0.1, 0.15) is 19.4 Å². The van der Waals surface area contributed by atoms with Crippen molar-refractivity contribution in [3.63, 3.8) is 0 Å². The summed E-state index contributed by atoms with van der Waals surface area (Å²) in [6, 6.07) is 6.86. The average Bonchev–Trinajstić information content (AvgIpc) is 2.68. The molecule has 0 unspecified atom stereocenters. The molecule has 1 heterocycles. The minimum absolute atomic E-state index is 0.168. The molecule has 1 saturated heterocycles. The normalized spacial score (nSPS) is 16.3. The van der Waals surface area contributed by atoms with Crippen molar-refractivity contribution in [1.29, 1.82) is 0 Å². The van der Waals surface area contributed by atoms with Gasteiger partial charge in [-0.3, -0.25) is 24.1 Å². The first-order valence-electron chi connectivity index (χ1n) is 6.49. The first-order valence-corrected chi connectivity index (χ1v) is 7.31. The molecule has 0 aromatic heterocycles. The van der Waals surface area contributed by atoms with Crippen LogP contribution >= 0.6 is 11.8 Å². The van der Waals surface area contributed by atoms with Crippen LogP contribution in [0.3, 0.4) is 0 Å². The molecule has 0 aliphatic carbocycles. The smallest absolute Gasteiger partial charge is 0.293 e. The number of rotatable bonds is 4. The molecular weight excluding hydrogens is 304 g/mol. The van der Waals surface area contributed by atoms with Gasteiger partial charge in [-0.25, -0.2) is 0 Å². The third-order valence-corrected chi connectivity index (χ3v) is 3.69. The number of nitrogens with one attached hydrogen (secondary N) is 1. The Labute approximate surface area is 131 Å². The molecular formula is C15H14N2O4S. The lowest BCUT2D eigenvalue weighted by atomic mass is 10.2. The van der Waals surface area contributed by atoms with Gasteiger partial charge in [-0.05, 0) is 42.5 Å². The first kappa shape index (κ1) is 16.0. The molecule has 1 aromatic rings. The van der Waals surface area contributed by atoms with Gasteiger partial charge in [0.05, 0.1) is 11.4 Å². The summed E-state index contributed by atoms with van der Waals surface area (Å²) in [7, 11) is 0. The van der Waals surface area contributed by atoms with Crippen LogP contribution in [0.25, 0.3) is 6.08 Å². The lowest BCUT2D eigenvalue weighted by molar-refractivity contribution is -0.127. The number of benzene rings is 1. The van der Waals surface area contributed by atoms with E-state index in [1.807, 2.05) is 0 Å². The highest BCUT2D eigenvalue weighted by Gasteiger charge is 2.35. The zero-order valence-corrected chi connectivity index (χ0v) is 12.9. The fourth-order valence-electron chi connectivity index (χ4n) is 1.88. The predicted octanol–water partition coefficient (Wildman–Crippen LogP) is 2.27. The number of nitrogens with zero attached hydrogens (tertiary/aromatic N) is 1. The summed E-state index contributed by atoms with van der Waals surface area (Å²) in [5, 5.41) is 2.20. The van der Waals surface area contributed by atoms with E-state index in [0.29, 0.717) is 5.69 Å². The summed E-state index contributed by atoms with van der Waals surface area (Å²) >= 11 is 0.810. The lowest BCUT2D eigenvalue weighted by Gasteiger charge is -2.08. The van der Waals surface area contributed by atoms with Gasteiger partial charge in [-0.1, -0.05) is 12.1 Å². The van der Waals surface area contributed by atoms with Gasteiger partial charge in [0.1, 0.15) is 5.78 Å². The highest BCUT2D eigenvalue weighted by atomic mass is 32.2. The molecule has 1 aliphatic heterocycles. The SMILES string of the molecule is CC(=O)CN1C(=O)S/C(=C\c2ccc(NC(C)=O)cc2)C1=O. The van der Waals surface area contributed by atoms with Gasteiger partial charge in [0.25, 0.3) is 11.1 Å². The number of ketones is 1. The molecule has 1 fully saturated rings. The van der Waals surface area contributed by atoms with Gasteiger partial charge < -0.3 is 5.32 Å². The van der Waals surface area contributed by atoms with Crippen LogP contribution in [0, 0.1) is 0 Å². The Bertz CT molecular complexity index is 679. The number of carbonyl (C=O) groups is 4. The van der Waals surface area contributed by atoms with E-state index in [0.717, 1.165) is 22.2 Å². The quantitative estimate of drug-likeness (QED) is 0.861. The largest absolute Gasteiger partial charge is 0.326 e. The van der Waals surface area contributed by atoms with Crippen molar-refractivity contribution >= 4 is 46.4 Å². The molecule has 22 heavy (non-hydrogen) atoms. The van der Waals surface area contributed by atoms with Crippen LogP contribution < -0.4 is 5.32 Å². The fraction of sp³-hybridized carbons (Fsp3) is 0.200. The lowest BCUT2D eigenvalue weighted by Crippen LogP contribution is -2.32. The Morgan fingerprint density at radius 2 is 1.82 bits per heavy atom. The highest BCUT2D eigenvalue weighted by Crippen LogP contribution is 2.32. The Balaban J connectivity index is 2.16. The Hall–Kier alpha value is -2.41. The van der Waals surface area contributed by atoms with Gasteiger partial charge in [-0.2, -0.15) is 0 Å². The number of hydrogen-bond acceptors (Lipinski definition) is 5. The topological polar surface area (TPSA) is 83.6 Å². The summed E-state index contributed by atoms with van der Waals surface area (Å²) in [5.74, 6) is -0.877. The highest BCUT2D eigenvalue weighted by molar-refractivity contribution is 8.18. The van der Waals surface area contributed by atoms with Crippen LogP contribution in [0.4, 0.5) is 10.5 Å². The molecule has 114 valence electrons. The fourth-order valence-corrected chi connectivity index (χ4v) is 2.71. The summed E-state index contributed by atoms with van der Waals surface area (Å²) in [6.07, 6.45) is 1.59. The number of amides is 3. The molecule has 1 N–H and O–H groups in total. The second-order valence-corrected chi connectivity index (χ2v) is 5.77. The standard InChI is InChI=1S/C15H14N2O4S/c1-9(18)8-17-14(20)13(22-15(17)21)7-11-3-5-12(6-4-11)16-10(2)19/h3-7H,8H2,1-2H3,(H,16,19)/b13-7-. The molecule has 0 saturated carbocycles. The Morgan fingerprint density at radius 1 is 1.18 bits per heavy atom. The van der Waals surface area contributed by atoms with Crippen molar-refractivity contribution in [1.82, 2.24) is 4.90 Å². The Morgan fingerprint density at radius 3 is 2.36 bits per heavy atom. The van der Waals surface area contributed by atoms with E-state index in [4.69, 9.17) is 0 Å². The third-order valence-electron chi connectivity index (χ3n) is 2.78. The van der Waals surface area contributed by atoms with Gasteiger partial charge in [0, 0.05) is 12.6 Å². The predicted molar refractivity (Wildman–Crippen MR) is 84.1 cm³/mol. The third kappa shape index (κ3) is 3.82. The first-order chi connectivity index (χ1) is 10.4. The van der Waals surface area contributed by atoms with Crippen molar-refractivity contribution in [2.45, 2.75) is 13.8 Å². The number of anilines is 1. The molecule has 7 heteroatoms. The van der Waals surface area contributed by atoms with Crippen LogP contribution in [-0.2, 0) is 14.4 Å². The summed E-state index contributed by atoms with van der Waals surface area (Å²) in [5.41, 5.74) is 1.37. The van der Waals surface area contributed by atoms with Crippen LogP contribution in [-0.4, -0.2) is 34.3 Å². The minimum Gasteiger partial charge on any atom is -0.326 e. The Kier molecular flexibility index (Phi) is 4.77. The summed E-state index contributed by atoms with van der Waals surface area (Å²) in [6.45, 7) is 2.54. The monoisotopic (exact) mass is 318 g/mol. The van der Waals surface area contributed by atoms with Crippen molar-refractivity contribution < 1.29 is 19.2 Å². The minimum atomic E-state index is -0.462. The molecule has 1 aliphatic rings. The number of thioether (sulfide) groups is 1. The summed E-state index contributed by atoms with van der Waals surface area (Å²) < 4.78 is 0. The van der Waals surface area contributed by atoms with Crippen molar-refractivity contribution in [2.24, 2.45) is 0 Å². The number of carbonyl (C=O) groups excluding carboxylic acids is 4. The van der Waals surface area contributed by atoms with Crippen molar-refractivity contribution in [2.75, 3.05) is 11.9 Å². The maximum absolute atomic E-state index is 12.1. The van der Waals surface area contributed by atoms with Crippen molar-refractivity contribution in [3.05, 3.63) is 34.7 Å². The van der Waals surface area contributed by atoms with E-state index >= 15 is 0 Å². The molecule has 1 aromatic carbocycles. The second-order valence-electron chi connectivity index (χ2n) is 4.77. The van der Waals surface area contributed by atoms with Crippen molar-refractivity contribution in [3.8, 4) is 0 Å².